The van der Waals surface area contributed by atoms with Gasteiger partial charge in [-0.1, -0.05) is 11.6 Å². The Kier molecular flexibility index (Phi) is 4.14. The smallest absolute Gasteiger partial charge is 0.266 e. The highest BCUT2D eigenvalue weighted by Crippen LogP contribution is 2.24. The topological polar surface area (TPSA) is 57.0 Å². The highest BCUT2D eigenvalue weighted by molar-refractivity contribution is 6.31. The van der Waals surface area contributed by atoms with Crippen molar-refractivity contribution in [1.29, 1.82) is 0 Å². The first-order chi connectivity index (χ1) is 12.7. The highest BCUT2D eigenvalue weighted by Gasteiger charge is 2.15. The van der Waals surface area contributed by atoms with E-state index in [2.05, 4.69) is 4.98 Å². The van der Waals surface area contributed by atoms with Crippen molar-refractivity contribution in [2.45, 2.75) is 0 Å². The van der Waals surface area contributed by atoms with Crippen LogP contribution in [0.3, 0.4) is 0 Å². The van der Waals surface area contributed by atoms with Gasteiger partial charge in [-0.2, -0.15) is 0 Å². The molecule has 0 spiro atoms. The Bertz CT molecular complexity index is 1140. The molecule has 0 N–H and O–H groups in total. The van der Waals surface area contributed by atoms with Crippen LogP contribution in [-0.4, -0.2) is 21.6 Å². The summed E-state index contributed by atoms with van der Waals surface area (Å²) in [7, 11) is 1.60. The minimum atomic E-state index is -0.186. The van der Waals surface area contributed by atoms with Gasteiger partial charge in [-0.25, -0.2) is 4.98 Å². The first-order valence-electron chi connectivity index (χ1n) is 7.94. The van der Waals surface area contributed by atoms with Gasteiger partial charge in [0.1, 0.15) is 11.6 Å². The molecule has 2 heterocycles. The van der Waals surface area contributed by atoms with E-state index in [-0.39, 0.29) is 5.56 Å². The number of fused-ring (bicyclic) bond motifs is 1. The van der Waals surface area contributed by atoms with E-state index in [0.29, 0.717) is 33.2 Å². The van der Waals surface area contributed by atoms with Gasteiger partial charge in [0.15, 0.2) is 0 Å². The maximum atomic E-state index is 13.2. The summed E-state index contributed by atoms with van der Waals surface area (Å²) >= 11 is 6.08. The average molecular weight is 364 g/mol. The van der Waals surface area contributed by atoms with Crippen LogP contribution >= 0.6 is 11.6 Å². The Morgan fingerprint density at radius 3 is 2.42 bits per heavy atom. The number of methoxy groups -OCH3 is 1. The summed E-state index contributed by atoms with van der Waals surface area (Å²) in [5.41, 5.74) is 1.90. The van der Waals surface area contributed by atoms with E-state index in [1.54, 1.807) is 54.4 Å². The minimum Gasteiger partial charge on any atom is -0.497 e. The molecule has 26 heavy (non-hydrogen) atoms. The van der Waals surface area contributed by atoms with Crippen molar-refractivity contribution >= 4 is 22.5 Å². The zero-order valence-corrected chi connectivity index (χ0v) is 14.6. The third-order valence-corrected chi connectivity index (χ3v) is 4.33. The van der Waals surface area contributed by atoms with E-state index in [9.17, 15) is 4.79 Å². The second-order valence-electron chi connectivity index (χ2n) is 5.67. The Hall–Kier alpha value is -3.18. The van der Waals surface area contributed by atoms with Gasteiger partial charge in [0.25, 0.3) is 5.56 Å². The van der Waals surface area contributed by atoms with Crippen molar-refractivity contribution in [1.82, 2.24) is 14.5 Å². The second kappa shape index (κ2) is 6.61. The molecule has 2 aromatic heterocycles. The molecule has 0 aliphatic heterocycles. The van der Waals surface area contributed by atoms with Crippen molar-refractivity contribution in [2.75, 3.05) is 7.11 Å². The second-order valence-corrected chi connectivity index (χ2v) is 6.11. The maximum Gasteiger partial charge on any atom is 0.266 e. The monoisotopic (exact) mass is 363 g/mol. The third-order valence-electron chi connectivity index (χ3n) is 4.10. The summed E-state index contributed by atoms with van der Waals surface area (Å²) < 4.78 is 6.78. The first-order valence-corrected chi connectivity index (χ1v) is 8.32. The number of aromatic nitrogens is 3. The SMILES string of the molecule is COc1ccc(-n2c(-c3ccncc3)nc3ccc(Cl)cc3c2=O)cc1. The van der Waals surface area contributed by atoms with Crippen molar-refractivity contribution in [3.05, 3.63) is 82.4 Å². The van der Waals surface area contributed by atoms with Gasteiger partial charge in [0.2, 0.25) is 0 Å². The van der Waals surface area contributed by atoms with Crippen molar-refractivity contribution < 1.29 is 4.74 Å². The van der Waals surface area contributed by atoms with Crippen LogP contribution in [0.15, 0.2) is 71.8 Å². The Morgan fingerprint density at radius 2 is 1.73 bits per heavy atom. The molecular formula is C20H14ClN3O2. The molecule has 4 aromatic rings. The molecule has 0 amide bonds. The van der Waals surface area contributed by atoms with E-state index in [1.165, 1.54) is 0 Å². The molecule has 4 rings (SSSR count). The molecular weight excluding hydrogens is 350 g/mol. The summed E-state index contributed by atoms with van der Waals surface area (Å²) in [6, 6.07) is 16.0. The van der Waals surface area contributed by atoms with E-state index in [0.717, 1.165) is 5.56 Å². The van der Waals surface area contributed by atoms with Crippen molar-refractivity contribution in [2.24, 2.45) is 0 Å². The lowest BCUT2D eigenvalue weighted by atomic mass is 10.2. The highest BCUT2D eigenvalue weighted by atomic mass is 35.5. The molecule has 0 saturated carbocycles. The van der Waals surface area contributed by atoms with Crippen LogP contribution in [0.25, 0.3) is 28.0 Å². The fraction of sp³-hybridized carbons (Fsp3) is 0.0500. The molecule has 128 valence electrons. The number of benzene rings is 2. The fourth-order valence-electron chi connectivity index (χ4n) is 2.82. The van der Waals surface area contributed by atoms with Gasteiger partial charge in [0.05, 0.1) is 23.7 Å². The number of ether oxygens (including phenoxy) is 1. The molecule has 0 fully saturated rings. The lowest BCUT2D eigenvalue weighted by Crippen LogP contribution is -2.22. The first kappa shape index (κ1) is 16.3. The number of rotatable bonds is 3. The molecule has 0 aliphatic carbocycles. The van der Waals surface area contributed by atoms with Crippen LogP contribution in [0.1, 0.15) is 0 Å². The molecule has 0 aliphatic rings. The standard InChI is InChI=1S/C20H14ClN3O2/c1-26-16-5-3-15(4-6-16)24-19(13-8-10-22-11-9-13)23-18-7-2-14(21)12-17(18)20(24)25/h2-12H,1H3. The molecule has 0 radical (unpaired) electrons. The number of hydrogen-bond acceptors (Lipinski definition) is 4. The third kappa shape index (κ3) is 2.82. The molecule has 6 heteroatoms. The Labute approximate surface area is 154 Å². The zero-order chi connectivity index (χ0) is 18.1. The molecule has 0 unspecified atom stereocenters. The van der Waals surface area contributed by atoms with Crippen LogP contribution in [0.5, 0.6) is 5.75 Å². The minimum absolute atomic E-state index is 0.186. The summed E-state index contributed by atoms with van der Waals surface area (Å²) in [6.45, 7) is 0. The van der Waals surface area contributed by atoms with Gasteiger partial charge in [-0.3, -0.25) is 14.3 Å². The van der Waals surface area contributed by atoms with Gasteiger partial charge in [0, 0.05) is 23.0 Å². The number of hydrogen-bond donors (Lipinski definition) is 0. The lowest BCUT2D eigenvalue weighted by Gasteiger charge is -2.14. The van der Waals surface area contributed by atoms with Crippen LogP contribution in [0.4, 0.5) is 0 Å². The summed E-state index contributed by atoms with van der Waals surface area (Å²) in [4.78, 5) is 22.0. The molecule has 0 bridgehead atoms. The average Bonchev–Trinajstić information content (AvgIpc) is 2.69. The summed E-state index contributed by atoms with van der Waals surface area (Å²) in [6.07, 6.45) is 3.35. The Balaban J connectivity index is 2.07. The predicted molar refractivity (Wildman–Crippen MR) is 102 cm³/mol. The molecule has 0 atom stereocenters. The number of halogens is 1. The zero-order valence-electron chi connectivity index (χ0n) is 13.9. The predicted octanol–water partition coefficient (Wildman–Crippen LogP) is 4.11. The molecule has 0 saturated heterocycles. The normalized spacial score (nSPS) is 10.8. The van der Waals surface area contributed by atoms with Crippen LogP contribution < -0.4 is 10.3 Å². The van der Waals surface area contributed by atoms with Gasteiger partial charge >= 0.3 is 0 Å². The molecule has 2 aromatic carbocycles. The largest absolute Gasteiger partial charge is 0.497 e. The fourth-order valence-corrected chi connectivity index (χ4v) is 3.00. The van der Waals surface area contributed by atoms with E-state index in [1.807, 2.05) is 24.3 Å². The van der Waals surface area contributed by atoms with Gasteiger partial charge < -0.3 is 4.74 Å². The summed E-state index contributed by atoms with van der Waals surface area (Å²) in [5.74, 6) is 1.25. The lowest BCUT2D eigenvalue weighted by molar-refractivity contribution is 0.414. The van der Waals surface area contributed by atoms with E-state index >= 15 is 0 Å². The van der Waals surface area contributed by atoms with Gasteiger partial charge in [-0.05, 0) is 54.6 Å². The van der Waals surface area contributed by atoms with Crippen LogP contribution in [0.2, 0.25) is 5.02 Å². The van der Waals surface area contributed by atoms with Crippen LogP contribution in [-0.2, 0) is 0 Å². The van der Waals surface area contributed by atoms with E-state index in [4.69, 9.17) is 21.3 Å². The van der Waals surface area contributed by atoms with Crippen molar-refractivity contribution in [3.63, 3.8) is 0 Å². The summed E-state index contributed by atoms with van der Waals surface area (Å²) in [5, 5.41) is 0.959. The van der Waals surface area contributed by atoms with Crippen molar-refractivity contribution in [3.8, 4) is 22.8 Å². The van der Waals surface area contributed by atoms with E-state index < -0.39 is 0 Å². The Morgan fingerprint density at radius 1 is 1.00 bits per heavy atom. The quantitative estimate of drug-likeness (QED) is 0.549. The maximum absolute atomic E-state index is 13.2. The number of nitrogens with zero attached hydrogens (tertiary/aromatic N) is 3. The molecule has 5 nitrogen and oxygen atoms in total. The van der Waals surface area contributed by atoms with Crippen LogP contribution in [0, 0.1) is 0 Å². The number of pyridine rings is 1. The van der Waals surface area contributed by atoms with Gasteiger partial charge in [-0.15, -0.1) is 0 Å².